The highest BCUT2D eigenvalue weighted by molar-refractivity contribution is 7.89. The number of carbonyl (C=O) groups is 2. The quantitative estimate of drug-likeness (QED) is 0.557. The van der Waals surface area contributed by atoms with Gasteiger partial charge in [-0.15, -0.1) is 5.10 Å². The number of anilines is 1. The van der Waals surface area contributed by atoms with Crippen LogP contribution in [0.2, 0.25) is 0 Å². The lowest BCUT2D eigenvalue weighted by Gasteiger charge is -2.16. The van der Waals surface area contributed by atoms with Gasteiger partial charge in [-0.1, -0.05) is 23.5 Å². The number of hydrogen-bond acceptors (Lipinski definition) is 6. The molecule has 2 aromatic carbocycles. The molecular weight excluding hydrogens is 426 g/mol. The molecule has 2 amide bonds. The molecule has 3 aromatic rings. The predicted octanol–water partition coefficient (Wildman–Crippen LogP) is 1.45. The van der Waals surface area contributed by atoms with E-state index >= 15 is 0 Å². The fourth-order valence-electron chi connectivity index (χ4n) is 2.71. The number of nitrogens with zero attached hydrogens (tertiary/aromatic N) is 3. The molecule has 0 saturated heterocycles. The van der Waals surface area contributed by atoms with Crippen molar-refractivity contribution in [3.63, 3.8) is 0 Å². The first-order chi connectivity index (χ1) is 14.2. The van der Waals surface area contributed by atoms with Crippen LogP contribution in [0.15, 0.2) is 58.5 Å². The SMILES string of the molecule is CC(=O)Nc1ccc(S(=O)(=O)N(C)CC(=O)N/N=c2/sc3ccccc3n2C)cc1. The van der Waals surface area contributed by atoms with Crippen LogP contribution in [0.1, 0.15) is 6.92 Å². The smallest absolute Gasteiger partial charge is 0.255 e. The Balaban J connectivity index is 1.69. The number of carbonyl (C=O) groups excluding carboxylic acids is 2. The van der Waals surface area contributed by atoms with Crippen molar-refractivity contribution < 1.29 is 18.0 Å². The number of benzene rings is 2. The molecule has 3 rings (SSSR count). The first kappa shape index (κ1) is 21.7. The van der Waals surface area contributed by atoms with Crippen LogP contribution in [0.3, 0.4) is 0 Å². The molecule has 0 unspecified atom stereocenters. The molecule has 158 valence electrons. The summed E-state index contributed by atoms with van der Waals surface area (Å²) in [6.45, 7) is 0.967. The Bertz CT molecular complexity index is 1260. The molecule has 1 heterocycles. The van der Waals surface area contributed by atoms with Crippen molar-refractivity contribution in [2.45, 2.75) is 11.8 Å². The van der Waals surface area contributed by atoms with Crippen molar-refractivity contribution in [2.24, 2.45) is 12.1 Å². The summed E-state index contributed by atoms with van der Waals surface area (Å²) < 4.78 is 29.2. The van der Waals surface area contributed by atoms with Crippen LogP contribution in [0, 0.1) is 0 Å². The highest BCUT2D eigenvalue weighted by Crippen LogP contribution is 2.17. The zero-order valence-corrected chi connectivity index (χ0v) is 18.3. The van der Waals surface area contributed by atoms with Crippen molar-refractivity contribution in [3.8, 4) is 0 Å². The number of aryl methyl sites for hydroxylation is 1. The minimum Gasteiger partial charge on any atom is -0.326 e. The number of thiazole rings is 1. The van der Waals surface area contributed by atoms with Gasteiger partial charge in [-0.05, 0) is 36.4 Å². The second-order valence-electron chi connectivity index (χ2n) is 6.52. The summed E-state index contributed by atoms with van der Waals surface area (Å²) in [6.07, 6.45) is 0. The van der Waals surface area contributed by atoms with Gasteiger partial charge in [0.2, 0.25) is 20.7 Å². The molecule has 1 aromatic heterocycles. The van der Waals surface area contributed by atoms with E-state index in [9.17, 15) is 18.0 Å². The second-order valence-corrected chi connectivity index (χ2v) is 9.58. The third-order valence-corrected chi connectivity index (χ3v) is 7.17. The van der Waals surface area contributed by atoms with E-state index < -0.39 is 22.5 Å². The Morgan fingerprint density at radius 3 is 2.43 bits per heavy atom. The zero-order chi connectivity index (χ0) is 21.9. The van der Waals surface area contributed by atoms with Crippen molar-refractivity contribution in [1.29, 1.82) is 0 Å². The normalized spacial score (nSPS) is 12.3. The number of nitrogens with one attached hydrogen (secondary N) is 2. The van der Waals surface area contributed by atoms with E-state index in [-0.39, 0.29) is 10.8 Å². The highest BCUT2D eigenvalue weighted by atomic mass is 32.2. The Morgan fingerprint density at radius 2 is 1.80 bits per heavy atom. The lowest BCUT2D eigenvalue weighted by atomic mass is 10.3. The second kappa shape index (κ2) is 8.78. The molecule has 0 saturated carbocycles. The van der Waals surface area contributed by atoms with Gasteiger partial charge < -0.3 is 9.88 Å². The molecule has 0 radical (unpaired) electrons. The number of para-hydroxylation sites is 1. The van der Waals surface area contributed by atoms with Gasteiger partial charge in [-0.2, -0.15) is 4.31 Å². The van der Waals surface area contributed by atoms with Crippen molar-refractivity contribution in [3.05, 3.63) is 53.3 Å². The maximum absolute atomic E-state index is 12.7. The van der Waals surface area contributed by atoms with E-state index in [0.717, 1.165) is 14.5 Å². The minimum absolute atomic E-state index is 0.0137. The predicted molar refractivity (Wildman–Crippen MR) is 115 cm³/mol. The van der Waals surface area contributed by atoms with Crippen molar-refractivity contribution >= 4 is 49.1 Å². The maximum atomic E-state index is 12.7. The lowest BCUT2D eigenvalue weighted by molar-refractivity contribution is -0.121. The molecule has 0 fully saturated rings. The van der Waals surface area contributed by atoms with Gasteiger partial charge in [-0.3, -0.25) is 9.59 Å². The monoisotopic (exact) mass is 447 g/mol. The van der Waals surface area contributed by atoms with Gasteiger partial charge >= 0.3 is 0 Å². The number of likely N-dealkylation sites (N-methyl/N-ethyl adjacent to an activating group) is 1. The zero-order valence-electron chi connectivity index (χ0n) is 16.6. The fraction of sp³-hybridized carbons (Fsp3) is 0.211. The summed E-state index contributed by atoms with van der Waals surface area (Å²) in [6, 6.07) is 13.5. The summed E-state index contributed by atoms with van der Waals surface area (Å²) in [5, 5.41) is 6.68. The van der Waals surface area contributed by atoms with Crippen LogP contribution < -0.4 is 15.5 Å². The number of rotatable bonds is 6. The standard InChI is InChI=1S/C19H21N5O4S2/c1-13(25)20-14-8-10-15(11-9-14)30(27,28)23(2)12-18(26)21-22-19-24(3)16-6-4-5-7-17(16)29-19/h4-11H,12H2,1-3H3,(H,20,25)(H,21,26)/b22-19+. The Morgan fingerprint density at radius 1 is 1.13 bits per heavy atom. The fourth-order valence-corrected chi connectivity index (χ4v) is 4.82. The van der Waals surface area contributed by atoms with Crippen LogP contribution >= 0.6 is 11.3 Å². The minimum atomic E-state index is -3.88. The number of sulfonamides is 1. The van der Waals surface area contributed by atoms with Crippen LogP contribution in [0.4, 0.5) is 5.69 Å². The Hall–Kier alpha value is -3.02. The van der Waals surface area contributed by atoms with Crippen molar-refractivity contribution in [1.82, 2.24) is 14.3 Å². The number of hydrogen-bond donors (Lipinski definition) is 2. The van der Waals surface area contributed by atoms with E-state index in [2.05, 4.69) is 15.8 Å². The third-order valence-electron chi connectivity index (χ3n) is 4.24. The lowest BCUT2D eigenvalue weighted by Crippen LogP contribution is -2.37. The van der Waals surface area contributed by atoms with E-state index in [1.807, 2.05) is 35.9 Å². The summed E-state index contributed by atoms with van der Waals surface area (Å²) in [4.78, 5) is 23.9. The molecule has 2 N–H and O–H groups in total. The van der Waals surface area contributed by atoms with Gasteiger partial charge in [0, 0.05) is 26.7 Å². The number of fused-ring (bicyclic) bond motifs is 1. The van der Waals surface area contributed by atoms with E-state index in [1.54, 1.807) is 0 Å². The molecule has 0 aliphatic heterocycles. The Kier molecular flexibility index (Phi) is 6.34. The molecule has 0 bridgehead atoms. The van der Waals surface area contributed by atoms with E-state index in [0.29, 0.717) is 10.5 Å². The molecule has 30 heavy (non-hydrogen) atoms. The van der Waals surface area contributed by atoms with E-state index in [4.69, 9.17) is 0 Å². The number of aromatic nitrogens is 1. The number of amides is 2. The molecule has 9 nitrogen and oxygen atoms in total. The average molecular weight is 448 g/mol. The van der Waals surface area contributed by atoms with Gasteiger partial charge in [0.1, 0.15) is 0 Å². The summed E-state index contributed by atoms with van der Waals surface area (Å²) in [5.41, 5.74) is 3.88. The largest absolute Gasteiger partial charge is 0.326 e. The van der Waals surface area contributed by atoms with Gasteiger partial charge in [-0.25, -0.2) is 13.8 Å². The summed E-state index contributed by atoms with van der Waals surface area (Å²) >= 11 is 1.41. The maximum Gasteiger partial charge on any atom is 0.255 e. The van der Waals surface area contributed by atoms with Gasteiger partial charge in [0.05, 0.1) is 21.7 Å². The van der Waals surface area contributed by atoms with Crippen LogP contribution in [0.25, 0.3) is 10.2 Å². The first-order valence-electron chi connectivity index (χ1n) is 8.89. The van der Waals surface area contributed by atoms with Crippen LogP contribution in [-0.4, -0.2) is 42.7 Å². The molecule has 0 atom stereocenters. The third kappa shape index (κ3) is 4.75. The molecule has 0 aliphatic carbocycles. The van der Waals surface area contributed by atoms with E-state index in [1.165, 1.54) is 49.6 Å². The van der Waals surface area contributed by atoms with Gasteiger partial charge in [0.25, 0.3) is 5.91 Å². The Labute approximate surface area is 177 Å². The molecule has 11 heteroatoms. The molecular formula is C19H21N5O4S2. The highest BCUT2D eigenvalue weighted by Gasteiger charge is 2.23. The van der Waals surface area contributed by atoms with Crippen molar-refractivity contribution in [2.75, 3.05) is 18.9 Å². The average Bonchev–Trinajstić information content (AvgIpc) is 3.02. The molecule has 0 aliphatic rings. The van der Waals surface area contributed by atoms with Crippen LogP contribution in [0.5, 0.6) is 0 Å². The summed E-state index contributed by atoms with van der Waals surface area (Å²) in [7, 11) is -0.721. The summed E-state index contributed by atoms with van der Waals surface area (Å²) in [5.74, 6) is -0.816. The van der Waals surface area contributed by atoms with Gasteiger partial charge in [0.15, 0.2) is 0 Å². The topological polar surface area (TPSA) is 113 Å². The first-order valence-corrected chi connectivity index (χ1v) is 11.2. The van der Waals surface area contributed by atoms with Crippen LogP contribution in [-0.2, 0) is 26.7 Å². The molecule has 0 spiro atoms.